The van der Waals surface area contributed by atoms with Crippen molar-refractivity contribution >= 4 is 0 Å². The van der Waals surface area contributed by atoms with Gasteiger partial charge in [0.1, 0.15) is 5.76 Å². The molecule has 0 amide bonds. The van der Waals surface area contributed by atoms with Crippen LogP contribution in [0, 0.1) is 0 Å². The van der Waals surface area contributed by atoms with Crippen LogP contribution in [-0.4, -0.2) is 23.1 Å². The standard InChI is InChI=1S/C16H21NO2/c1-3-17(12-15-10-7-11-19-15)13-16(2,18)14-8-5-4-6-9-14/h4-11,18H,3,12-13H2,1-2H3. The molecular weight excluding hydrogens is 238 g/mol. The highest BCUT2D eigenvalue weighted by Gasteiger charge is 2.25. The van der Waals surface area contributed by atoms with Gasteiger partial charge in [-0.3, -0.25) is 4.90 Å². The van der Waals surface area contributed by atoms with Crippen LogP contribution >= 0.6 is 0 Å². The Morgan fingerprint density at radius 1 is 1.16 bits per heavy atom. The van der Waals surface area contributed by atoms with E-state index in [2.05, 4.69) is 11.8 Å². The average Bonchev–Trinajstić information content (AvgIpc) is 2.91. The second-order valence-corrected chi connectivity index (χ2v) is 5.02. The van der Waals surface area contributed by atoms with Crippen LogP contribution in [0.4, 0.5) is 0 Å². The van der Waals surface area contributed by atoms with E-state index in [1.807, 2.05) is 49.4 Å². The van der Waals surface area contributed by atoms with Crippen molar-refractivity contribution in [3.05, 3.63) is 60.1 Å². The quantitative estimate of drug-likeness (QED) is 0.866. The fraction of sp³-hybridized carbons (Fsp3) is 0.375. The second kappa shape index (κ2) is 6.04. The largest absolute Gasteiger partial charge is 0.468 e. The molecule has 0 saturated carbocycles. The predicted octanol–water partition coefficient (Wildman–Crippen LogP) is 3.01. The van der Waals surface area contributed by atoms with Gasteiger partial charge in [0.15, 0.2) is 0 Å². The molecule has 1 N–H and O–H groups in total. The lowest BCUT2D eigenvalue weighted by Crippen LogP contribution is -2.38. The minimum absolute atomic E-state index is 0.578. The van der Waals surface area contributed by atoms with Crippen molar-refractivity contribution in [2.75, 3.05) is 13.1 Å². The number of furan rings is 1. The number of hydrogen-bond donors (Lipinski definition) is 1. The maximum absolute atomic E-state index is 10.6. The van der Waals surface area contributed by atoms with Crippen molar-refractivity contribution in [2.24, 2.45) is 0 Å². The molecule has 1 aromatic carbocycles. The molecule has 1 unspecified atom stereocenters. The first-order valence-corrected chi connectivity index (χ1v) is 6.64. The van der Waals surface area contributed by atoms with E-state index in [-0.39, 0.29) is 0 Å². The first-order chi connectivity index (χ1) is 9.12. The molecule has 3 nitrogen and oxygen atoms in total. The third-order valence-corrected chi connectivity index (χ3v) is 3.33. The van der Waals surface area contributed by atoms with Gasteiger partial charge in [-0.25, -0.2) is 0 Å². The van der Waals surface area contributed by atoms with E-state index < -0.39 is 5.60 Å². The Morgan fingerprint density at radius 2 is 1.89 bits per heavy atom. The van der Waals surface area contributed by atoms with Gasteiger partial charge in [-0.15, -0.1) is 0 Å². The Hall–Kier alpha value is -1.58. The fourth-order valence-corrected chi connectivity index (χ4v) is 2.23. The summed E-state index contributed by atoms with van der Waals surface area (Å²) in [4.78, 5) is 2.17. The summed E-state index contributed by atoms with van der Waals surface area (Å²) in [5.41, 5.74) is 0.0806. The maximum atomic E-state index is 10.6. The SMILES string of the molecule is CCN(Cc1ccco1)CC(C)(O)c1ccccc1. The van der Waals surface area contributed by atoms with Crippen LogP contribution in [0.15, 0.2) is 53.1 Å². The highest BCUT2D eigenvalue weighted by atomic mass is 16.3. The lowest BCUT2D eigenvalue weighted by molar-refractivity contribution is 0.0132. The third-order valence-electron chi connectivity index (χ3n) is 3.33. The smallest absolute Gasteiger partial charge is 0.117 e. The molecule has 1 aromatic heterocycles. The molecule has 0 radical (unpaired) electrons. The molecule has 1 heterocycles. The minimum atomic E-state index is -0.857. The van der Waals surface area contributed by atoms with Gasteiger partial charge < -0.3 is 9.52 Å². The lowest BCUT2D eigenvalue weighted by atomic mass is 9.95. The van der Waals surface area contributed by atoms with Crippen molar-refractivity contribution < 1.29 is 9.52 Å². The van der Waals surface area contributed by atoms with Gasteiger partial charge in [-0.2, -0.15) is 0 Å². The summed E-state index contributed by atoms with van der Waals surface area (Å²) in [6, 6.07) is 13.6. The van der Waals surface area contributed by atoms with E-state index in [9.17, 15) is 5.11 Å². The van der Waals surface area contributed by atoms with E-state index in [0.717, 1.165) is 17.9 Å². The first-order valence-electron chi connectivity index (χ1n) is 6.64. The van der Waals surface area contributed by atoms with Crippen LogP contribution in [0.1, 0.15) is 25.2 Å². The Labute approximate surface area is 114 Å². The van der Waals surface area contributed by atoms with Crippen molar-refractivity contribution in [2.45, 2.75) is 26.0 Å². The van der Waals surface area contributed by atoms with E-state index in [1.165, 1.54) is 0 Å². The van der Waals surface area contributed by atoms with Gasteiger partial charge in [-0.05, 0) is 31.2 Å². The number of rotatable bonds is 6. The zero-order valence-electron chi connectivity index (χ0n) is 11.5. The van der Waals surface area contributed by atoms with Gasteiger partial charge in [0.05, 0.1) is 18.4 Å². The van der Waals surface area contributed by atoms with E-state index in [0.29, 0.717) is 13.1 Å². The van der Waals surface area contributed by atoms with Crippen molar-refractivity contribution in [1.82, 2.24) is 4.90 Å². The molecule has 0 aliphatic heterocycles. The van der Waals surface area contributed by atoms with Crippen LogP contribution in [-0.2, 0) is 12.1 Å². The normalized spacial score (nSPS) is 14.5. The molecule has 0 fully saturated rings. The monoisotopic (exact) mass is 259 g/mol. The molecule has 1 atom stereocenters. The summed E-state index contributed by atoms with van der Waals surface area (Å²) in [6.45, 7) is 6.10. The summed E-state index contributed by atoms with van der Waals surface area (Å²) in [6.07, 6.45) is 1.68. The zero-order valence-corrected chi connectivity index (χ0v) is 11.5. The van der Waals surface area contributed by atoms with E-state index in [1.54, 1.807) is 6.26 Å². The van der Waals surface area contributed by atoms with Crippen molar-refractivity contribution in [3.8, 4) is 0 Å². The van der Waals surface area contributed by atoms with Crippen LogP contribution in [0.2, 0.25) is 0 Å². The molecule has 0 spiro atoms. The Balaban J connectivity index is 2.05. The minimum Gasteiger partial charge on any atom is -0.468 e. The van der Waals surface area contributed by atoms with Gasteiger partial charge in [0.2, 0.25) is 0 Å². The van der Waals surface area contributed by atoms with Gasteiger partial charge >= 0.3 is 0 Å². The Bertz CT molecular complexity index is 477. The second-order valence-electron chi connectivity index (χ2n) is 5.02. The number of nitrogens with zero attached hydrogens (tertiary/aromatic N) is 1. The van der Waals surface area contributed by atoms with Crippen LogP contribution < -0.4 is 0 Å². The molecule has 2 rings (SSSR count). The number of aliphatic hydroxyl groups is 1. The highest BCUT2D eigenvalue weighted by molar-refractivity contribution is 5.21. The summed E-state index contributed by atoms with van der Waals surface area (Å²) in [7, 11) is 0. The fourth-order valence-electron chi connectivity index (χ4n) is 2.23. The van der Waals surface area contributed by atoms with Gasteiger partial charge in [0.25, 0.3) is 0 Å². The number of hydrogen-bond acceptors (Lipinski definition) is 3. The molecule has 0 aliphatic rings. The molecule has 2 aromatic rings. The van der Waals surface area contributed by atoms with Crippen LogP contribution in [0.3, 0.4) is 0 Å². The summed E-state index contributed by atoms with van der Waals surface area (Å²) < 4.78 is 5.36. The molecule has 102 valence electrons. The van der Waals surface area contributed by atoms with Crippen molar-refractivity contribution in [3.63, 3.8) is 0 Å². The summed E-state index contributed by atoms with van der Waals surface area (Å²) in [5, 5.41) is 10.6. The average molecular weight is 259 g/mol. The van der Waals surface area contributed by atoms with Gasteiger partial charge in [0, 0.05) is 6.54 Å². The van der Waals surface area contributed by atoms with E-state index >= 15 is 0 Å². The molecule has 0 bridgehead atoms. The Morgan fingerprint density at radius 3 is 2.47 bits per heavy atom. The number of benzene rings is 1. The Kier molecular flexibility index (Phi) is 4.40. The molecule has 0 saturated heterocycles. The van der Waals surface area contributed by atoms with Crippen LogP contribution in [0.5, 0.6) is 0 Å². The number of likely N-dealkylation sites (N-methyl/N-ethyl adjacent to an activating group) is 1. The molecular formula is C16H21NO2. The summed E-state index contributed by atoms with van der Waals surface area (Å²) >= 11 is 0. The summed E-state index contributed by atoms with van der Waals surface area (Å²) in [5.74, 6) is 0.922. The van der Waals surface area contributed by atoms with E-state index in [4.69, 9.17) is 4.42 Å². The first kappa shape index (κ1) is 13.8. The van der Waals surface area contributed by atoms with Crippen LogP contribution in [0.25, 0.3) is 0 Å². The predicted molar refractivity (Wildman–Crippen MR) is 75.7 cm³/mol. The zero-order chi connectivity index (χ0) is 13.7. The third kappa shape index (κ3) is 3.69. The topological polar surface area (TPSA) is 36.6 Å². The molecule has 3 heteroatoms. The lowest BCUT2D eigenvalue weighted by Gasteiger charge is -2.30. The maximum Gasteiger partial charge on any atom is 0.117 e. The van der Waals surface area contributed by atoms with Gasteiger partial charge in [-0.1, -0.05) is 37.3 Å². The van der Waals surface area contributed by atoms with Crippen molar-refractivity contribution in [1.29, 1.82) is 0 Å². The highest BCUT2D eigenvalue weighted by Crippen LogP contribution is 2.22. The molecule has 0 aliphatic carbocycles. The molecule has 19 heavy (non-hydrogen) atoms.